The summed E-state index contributed by atoms with van der Waals surface area (Å²) in [6.45, 7) is 2.07. The van der Waals surface area contributed by atoms with Gasteiger partial charge in [0.1, 0.15) is 11.5 Å². The van der Waals surface area contributed by atoms with Crippen LogP contribution in [0.5, 0.6) is 5.75 Å². The molecule has 0 heterocycles. The number of aliphatic hydroxyl groups excluding tert-OH is 1. The summed E-state index contributed by atoms with van der Waals surface area (Å²) in [7, 11) is 1.62. The van der Waals surface area contributed by atoms with Crippen molar-refractivity contribution in [3.05, 3.63) is 71.5 Å². The van der Waals surface area contributed by atoms with Crippen LogP contribution >= 0.6 is 0 Å². The van der Waals surface area contributed by atoms with Crippen molar-refractivity contribution >= 4 is 17.2 Å². The molecule has 28 heavy (non-hydrogen) atoms. The Morgan fingerprint density at radius 3 is 2.46 bits per heavy atom. The number of methoxy groups -OCH3 is 1. The summed E-state index contributed by atoms with van der Waals surface area (Å²) < 4.78 is 5.20. The van der Waals surface area contributed by atoms with E-state index in [0.717, 1.165) is 29.8 Å². The standard InChI is InChI=1S/C24H27NO3/c1-3-4-10-22(26)24-21(25-19-11-13-20(28-2)14-12-19)15-18(16-23(24)27)17-8-6-5-7-9-17/h5-9,11-14,18,26H,3-4,10,15-16H2,1-2H3/b24-22+,25-21?/t18-/m1/s1. The Morgan fingerprint density at radius 2 is 1.82 bits per heavy atom. The molecule has 0 radical (unpaired) electrons. The third kappa shape index (κ3) is 4.69. The van der Waals surface area contributed by atoms with Crippen LogP contribution in [-0.4, -0.2) is 23.7 Å². The third-order valence-electron chi connectivity index (χ3n) is 5.10. The summed E-state index contributed by atoms with van der Waals surface area (Å²) in [5.41, 5.74) is 2.96. The summed E-state index contributed by atoms with van der Waals surface area (Å²) in [4.78, 5) is 17.7. The van der Waals surface area contributed by atoms with Gasteiger partial charge >= 0.3 is 0 Å². The molecule has 1 fully saturated rings. The highest BCUT2D eigenvalue weighted by Crippen LogP contribution is 2.35. The van der Waals surface area contributed by atoms with Crippen LogP contribution in [0.1, 0.15) is 50.5 Å². The number of carbonyl (C=O) groups is 1. The van der Waals surface area contributed by atoms with E-state index in [1.54, 1.807) is 7.11 Å². The number of benzene rings is 2. The second-order valence-electron chi connectivity index (χ2n) is 7.12. The van der Waals surface area contributed by atoms with E-state index in [9.17, 15) is 9.90 Å². The number of ether oxygens (including phenoxy) is 1. The molecule has 1 aliphatic carbocycles. The monoisotopic (exact) mass is 377 g/mol. The van der Waals surface area contributed by atoms with Crippen molar-refractivity contribution < 1.29 is 14.6 Å². The summed E-state index contributed by atoms with van der Waals surface area (Å²) in [5, 5.41) is 10.6. The average molecular weight is 377 g/mol. The number of unbranched alkanes of at least 4 members (excludes halogenated alkanes) is 1. The Bertz CT molecular complexity index is 866. The minimum atomic E-state index is -0.0269. The summed E-state index contributed by atoms with van der Waals surface area (Å²) in [6, 6.07) is 17.5. The van der Waals surface area contributed by atoms with E-state index < -0.39 is 0 Å². The van der Waals surface area contributed by atoms with E-state index in [4.69, 9.17) is 9.73 Å². The molecule has 2 aromatic carbocycles. The normalized spacial score (nSPS) is 20.3. The number of rotatable bonds is 6. The van der Waals surface area contributed by atoms with Crippen LogP contribution in [0.3, 0.4) is 0 Å². The van der Waals surface area contributed by atoms with Gasteiger partial charge in [0.05, 0.1) is 24.1 Å². The van der Waals surface area contributed by atoms with Gasteiger partial charge in [-0.3, -0.25) is 9.79 Å². The summed E-state index contributed by atoms with van der Waals surface area (Å²) in [5.74, 6) is 0.979. The molecular formula is C24H27NO3. The van der Waals surface area contributed by atoms with E-state index in [2.05, 4.69) is 19.1 Å². The van der Waals surface area contributed by atoms with Crippen LogP contribution in [-0.2, 0) is 4.79 Å². The Kier molecular flexibility index (Phi) is 6.64. The minimum absolute atomic E-state index is 0.0269. The molecule has 4 heteroatoms. The van der Waals surface area contributed by atoms with Crippen molar-refractivity contribution in [1.82, 2.24) is 0 Å². The van der Waals surface area contributed by atoms with Gasteiger partial charge in [-0.2, -0.15) is 0 Å². The Labute approximate surface area is 166 Å². The van der Waals surface area contributed by atoms with Crippen LogP contribution < -0.4 is 4.74 Å². The molecule has 1 aliphatic rings. The van der Waals surface area contributed by atoms with Crippen LogP contribution in [0.2, 0.25) is 0 Å². The molecule has 1 N–H and O–H groups in total. The Morgan fingerprint density at radius 1 is 1.11 bits per heavy atom. The van der Waals surface area contributed by atoms with Crippen LogP contribution in [0.25, 0.3) is 0 Å². The van der Waals surface area contributed by atoms with Gasteiger partial charge in [-0.15, -0.1) is 0 Å². The van der Waals surface area contributed by atoms with Gasteiger partial charge in [-0.25, -0.2) is 0 Å². The molecule has 1 saturated carbocycles. The van der Waals surface area contributed by atoms with E-state index in [0.29, 0.717) is 30.5 Å². The predicted octanol–water partition coefficient (Wildman–Crippen LogP) is 5.92. The lowest BCUT2D eigenvalue weighted by Crippen LogP contribution is -2.26. The maximum absolute atomic E-state index is 13.0. The quantitative estimate of drug-likeness (QED) is 0.502. The number of ketones is 1. The highest BCUT2D eigenvalue weighted by Gasteiger charge is 2.32. The topological polar surface area (TPSA) is 58.9 Å². The molecule has 2 aromatic rings. The van der Waals surface area contributed by atoms with E-state index >= 15 is 0 Å². The molecule has 0 amide bonds. The molecule has 0 saturated heterocycles. The third-order valence-corrected chi connectivity index (χ3v) is 5.10. The lowest BCUT2D eigenvalue weighted by atomic mass is 9.78. The van der Waals surface area contributed by atoms with Crippen LogP contribution in [0, 0.1) is 0 Å². The van der Waals surface area contributed by atoms with Gasteiger partial charge < -0.3 is 9.84 Å². The van der Waals surface area contributed by atoms with Crippen molar-refractivity contribution in [2.75, 3.05) is 7.11 Å². The minimum Gasteiger partial charge on any atom is -0.511 e. The fourth-order valence-electron chi connectivity index (χ4n) is 3.57. The first kappa shape index (κ1) is 19.9. The second kappa shape index (κ2) is 9.36. The van der Waals surface area contributed by atoms with Crippen molar-refractivity contribution in [2.24, 2.45) is 4.99 Å². The zero-order chi connectivity index (χ0) is 19.9. The predicted molar refractivity (Wildman–Crippen MR) is 113 cm³/mol. The first-order valence-corrected chi connectivity index (χ1v) is 9.84. The zero-order valence-corrected chi connectivity index (χ0v) is 16.5. The van der Waals surface area contributed by atoms with E-state index in [1.165, 1.54) is 0 Å². The number of Topliss-reactive ketones (excluding diaryl/α,β-unsaturated/α-hetero) is 1. The number of carbonyl (C=O) groups excluding carboxylic acids is 1. The maximum Gasteiger partial charge on any atom is 0.168 e. The summed E-state index contributed by atoms with van der Waals surface area (Å²) in [6.07, 6.45) is 3.35. The fourth-order valence-corrected chi connectivity index (χ4v) is 3.57. The Hall–Kier alpha value is -2.88. The van der Waals surface area contributed by atoms with Gasteiger partial charge in [0, 0.05) is 12.8 Å². The molecule has 146 valence electrons. The zero-order valence-electron chi connectivity index (χ0n) is 16.5. The van der Waals surface area contributed by atoms with Crippen molar-refractivity contribution in [3.8, 4) is 5.75 Å². The highest BCUT2D eigenvalue weighted by atomic mass is 16.5. The molecule has 0 unspecified atom stereocenters. The number of allylic oxidation sites excluding steroid dienone is 2. The lowest BCUT2D eigenvalue weighted by molar-refractivity contribution is -0.115. The molecule has 0 bridgehead atoms. The number of aliphatic imine (C=N–C) groups is 1. The lowest BCUT2D eigenvalue weighted by Gasteiger charge is -2.26. The van der Waals surface area contributed by atoms with E-state index in [-0.39, 0.29) is 17.5 Å². The van der Waals surface area contributed by atoms with Gasteiger partial charge in [-0.1, -0.05) is 43.7 Å². The Balaban J connectivity index is 1.99. The SMILES string of the molecule is CCCC/C(O)=C1\C(=O)C[C@H](c2ccccc2)CC1=Nc1ccc(OC)cc1. The molecular weight excluding hydrogens is 350 g/mol. The molecule has 0 spiro atoms. The van der Waals surface area contributed by atoms with Crippen molar-refractivity contribution in [2.45, 2.75) is 44.9 Å². The number of nitrogens with zero attached hydrogens (tertiary/aromatic N) is 1. The first-order valence-electron chi connectivity index (χ1n) is 9.84. The average Bonchev–Trinajstić information content (AvgIpc) is 2.73. The van der Waals surface area contributed by atoms with E-state index in [1.807, 2.05) is 42.5 Å². The number of hydrogen-bond donors (Lipinski definition) is 1. The van der Waals surface area contributed by atoms with Gasteiger partial charge in [-0.05, 0) is 48.6 Å². The first-order chi connectivity index (χ1) is 13.6. The molecule has 3 rings (SSSR count). The summed E-state index contributed by atoms with van der Waals surface area (Å²) >= 11 is 0. The molecule has 1 atom stereocenters. The fraction of sp³-hybridized carbons (Fsp3) is 0.333. The van der Waals surface area contributed by atoms with Crippen LogP contribution in [0.4, 0.5) is 5.69 Å². The largest absolute Gasteiger partial charge is 0.511 e. The highest BCUT2D eigenvalue weighted by molar-refractivity contribution is 6.25. The smallest absolute Gasteiger partial charge is 0.168 e. The maximum atomic E-state index is 13.0. The number of hydrogen-bond acceptors (Lipinski definition) is 4. The van der Waals surface area contributed by atoms with Gasteiger partial charge in [0.15, 0.2) is 5.78 Å². The van der Waals surface area contributed by atoms with Gasteiger partial charge in [0.25, 0.3) is 0 Å². The molecule has 4 nitrogen and oxygen atoms in total. The molecule has 0 aromatic heterocycles. The molecule has 0 aliphatic heterocycles. The number of aliphatic hydroxyl groups is 1. The van der Waals surface area contributed by atoms with Gasteiger partial charge in [0.2, 0.25) is 0 Å². The van der Waals surface area contributed by atoms with Crippen molar-refractivity contribution in [1.29, 1.82) is 0 Å². The van der Waals surface area contributed by atoms with Crippen molar-refractivity contribution in [3.63, 3.8) is 0 Å². The van der Waals surface area contributed by atoms with Crippen LogP contribution in [0.15, 0.2) is 70.9 Å². The second-order valence-corrected chi connectivity index (χ2v) is 7.12.